The number of rotatable bonds is 10. The summed E-state index contributed by atoms with van der Waals surface area (Å²) in [6.45, 7) is 10.3. The molecule has 19 heavy (non-hydrogen) atoms. The second-order valence-electron chi connectivity index (χ2n) is 5.07. The lowest BCUT2D eigenvalue weighted by Gasteiger charge is -2.11. The first-order valence-electron chi connectivity index (χ1n) is 7.42. The molecule has 2 nitrogen and oxygen atoms in total. The number of benzene rings is 1. The third-order valence-electron chi connectivity index (χ3n) is 3.41. The normalized spacial score (nSPS) is 12.1. The maximum absolute atomic E-state index is 5.86. The van der Waals surface area contributed by atoms with Crippen LogP contribution < -0.4 is 10.1 Å². The molecule has 2 N–H and O–H groups in total. The minimum Gasteiger partial charge on any atom is -0.493 e. The Kier molecular flexibility index (Phi) is 7.99. The summed E-state index contributed by atoms with van der Waals surface area (Å²) in [5, 5.41) is 2.42. The molecule has 0 aromatic heterocycles. The second-order valence-corrected chi connectivity index (χ2v) is 5.07. The summed E-state index contributed by atoms with van der Waals surface area (Å²) in [6.07, 6.45) is 6.37. The average Bonchev–Trinajstić information content (AvgIpc) is 2.44. The van der Waals surface area contributed by atoms with Crippen LogP contribution in [-0.2, 0) is 6.42 Å². The van der Waals surface area contributed by atoms with Gasteiger partial charge in [-0.1, -0.05) is 31.2 Å². The van der Waals surface area contributed by atoms with Gasteiger partial charge in [-0.2, -0.15) is 0 Å². The van der Waals surface area contributed by atoms with Crippen molar-refractivity contribution >= 4 is 0 Å². The van der Waals surface area contributed by atoms with Gasteiger partial charge in [-0.25, -0.2) is 0 Å². The SMILES string of the molecule is C=CCc1ccccc1OCCCC[NH2+][C@@H](C)CC. The number of nitrogens with two attached hydrogens (primary N) is 1. The summed E-state index contributed by atoms with van der Waals surface area (Å²) < 4.78 is 5.86. The lowest BCUT2D eigenvalue weighted by molar-refractivity contribution is -0.686. The zero-order valence-electron chi connectivity index (χ0n) is 12.4. The van der Waals surface area contributed by atoms with Crippen molar-refractivity contribution in [1.29, 1.82) is 0 Å². The highest BCUT2D eigenvalue weighted by atomic mass is 16.5. The third-order valence-corrected chi connectivity index (χ3v) is 3.41. The predicted octanol–water partition coefficient (Wildman–Crippen LogP) is 2.94. The van der Waals surface area contributed by atoms with Crippen molar-refractivity contribution in [2.75, 3.05) is 13.2 Å². The first-order chi connectivity index (χ1) is 9.27. The van der Waals surface area contributed by atoms with E-state index in [1.807, 2.05) is 24.3 Å². The van der Waals surface area contributed by atoms with Crippen LogP contribution >= 0.6 is 0 Å². The topological polar surface area (TPSA) is 25.8 Å². The third kappa shape index (κ3) is 6.44. The van der Waals surface area contributed by atoms with Gasteiger partial charge in [0.1, 0.15) is 5.75 Å². The molecule has 0 saturated heterocycles. The highest BCUT2D eigenvalue weighted by Crippen LogP contribution is 2.18. The Labute approximate surface area is 117 Å². The van der Waals surface area contributed by atoms with Gasteiger partial charge in [0.15, 0.2) is 0 Å². The van der Waals surface area contributed by atoms with Gasteiger partial charge < -0.3 is 10.1 Å². The largest absolute Gasteiger partial charge is 0.493 e. The van der Waals surface area contributed by atoms with E-state index in [-0.39, 0.29) is 0 Å². The molecule has 0 radical (unpaired) electrons. The quantitative estimate of drug-likeness (QED) is 0.509. The minimum atomic E-state index is 0.745. The number of quaternary nitrogens is 1. The summed E-state index contributed by atoms with van der Waals surface area (Å²) in [6, 6.07) is 8.97. The smallest absolute Gasteiger partial charge is 0.122 e. The van der Waals surface area contributed by atoms with E-state index < -0.39 is 0 Å². The zero-order valence-corrected chi connectivity index (χ0v) is 12.4. The zero-order chi connectivity index (χ0) is 13.9. The Hall–Kier alpha value is -1.28. The van der Waals surface area contributed by atoms with Crippen LogP contribution in [0.25, 0.3) is 0 Å². The lowest BCUT2D eigenvalue weighted by atomic mass is 10.1. The molecule has 1 aromatic rings. The van der Waals surface area contributed by atoms with Gasteiger partial charge in [-0.15, -0.1) is 6.58 Å². The van der Waals surface area contributed by atoms with Crippen LogP contribution in [0.4, 0.5) is 0 Å². The van der Waals surface area contributed by atoms with Gasteiger partial charge in [0.05, 0.1) is 19.2 Å². The Morgan fingerprint density at radius 2 is 2.11 bits per heavy atom. The van der Waals surface area contributed by atoms with Crippen LogP contribution in [0.1, 0.15) is 38.7 Å². The number of ether oxygens (including phenoxy) is 1. The van der Waals surface area contributed by atoms with E-state index in [9.17, 15) is 0 Å². The van der Waals surface area contributed by atoms with E-state index in [1.165, 1.54) is 24.9 Å². The molecule has 0 aliphatic heterocycles. The van der Waals surface area contributed by atoms with Gasteiger partial charge in [-0.05, 0) is 44.2 Å². The predicted molar refractivity (Wildman–Crippen MR) is 81.6 cm³/mol. The van der Waals surface area contributed by atoms with Crippen molar-refractivity contribution in [3.8, 4) is 5.75 Å². The first-order valence-corrected chi connectivity index (χ1v) is 7.42. The van der Waals surface area contributed by atoms with E-state index in [2.05, 4.69) is 31.8 Å². The van der Waals surface area contributed by atoms with Crippen LogP contribution in [0.2, 0.25) is 0 Å². The molecule has 0 aliphatic rings. The van der Waals surface area contributed by atoms with Gasteiger partial charge in [0.25, 0.3) is 0 Å². The molecule has 0 bridgehead atoms. The summed E-state index contributed by atoms with van der Waals surface area (Å²) in [7, 11) is 0. The van der Waals surface area contributed by atoms with E-state index in [0.29, 0.717) is 0 Å². The number of unbranched alkanes of at least 4 members (excludes halogenated alkanes) is 1. The van der Waals surface area contributed by atoms with Crippen LogP contribution in [0.3, 0.4) is 0 Å². The van der Waals surface area contributed by atoms with Crippen molar-refractivity contribution in [2.24, 2.45) is 0 Å². The minimum absolute atomic E-state index is 0.745. The van der Waals surface area contributed by atoms with Crippen molar-refractivity contribution in [1.82, 2.24) is 0 Å². The molecule has 0 unspecified atom stereocenters. The fourth-order valence-electron chi connectivity index (χ4n) is 1.97. The molecular formula is C17H28NO+. The summed E-state index contributed by atoms with van der Waals surface area (Å²) in [4.78, 5) is 0. The lowest BCUT2D eigenvalue weighted by Crippen LogP contribution is -2.89. The fraction of sp³-hybridized carbons (Fsp3) is 0.529. The summed E-state index contributed by atoms with van der Waals surface area (Å²) >= 11 is 0. The summed E-state index contributed by atoms with van der Waals surface area (Å²) in [5.41, 5.74) is 1.23. The van der Waals surface area contributed by atoms with Crippen molar-refractivity contribution in [3.05, 3.63) is 42.5 Å². The highest BCUT2D eigenvalue weighted by Gasteiger charge is 2.02. The molecule has 2 heteroatoms. The standard InChI is InChI=1S/C17H27NO/c1-4-10-16-11-6-7-12-17(16)19-14-9-8-13-18-15(3)5-2/h4,6-7,11-12,15,18H,1,5,8-10,13-14H2,2-3H3/p+1/t15-/m0/s1. The molecule has 1 aromatic carbocycles. The Morgan fingerprint density at radius 3 is 2.84 bits per heavy atom. The van der Waals surface area contributed by atoms with Crippen LogP contribution in [0.5, 0.6) is 5.75 Å². The molecule has 1 atom stereocenters. The maximum atomic E-state index is 5.86. The molecule has 106 valence electrons. The van der Waals surface area contributed by atoms with Gasteiger partial charge in [-0.3, -0.25) is 0 Å². The van der Waals surface area contributed by atoms with Crippen LogP contribution in [0, 0.1) is 0 Å². The van der Waals surface area contributed by atoms with Crippen molar-refractivity contribution < 1.29 is 10.1 Å². The average molecular weight is 262 g/mol. The molecule has 0 fully saturated rings. The van der Waals surface area contributed by atoms with Gasteiger partial charge >= 0.3 is 0 Å². The summed E-state index contributed by atoms with van der Waals surface area (Å²) in [5.74, 6) is 1.01. The number of allylic oxidation sites excluding steroid dienone is 1. The van der Waals surface area contributed by atoms with Crippen molar-refractivity contribution in [3.63, 3.8) is 0 Å². The molecule has 0 spiro atoms. The molecule has 0 amide bonds. The Morgan fingerprint density at radius 1 is 1.32 bits per heavy atom. The van der Waals surface area contributed by atoms with E-state index in [4.69, 9.17) is 4.74 Å². The monoisotopic (exact) mass is 262 g/mol. The number of hydrogen-bond donors (Lipinski definition) is 1. The van der Waals surface area contributed by atoms with Crippen LogP contribution in [-0.4, -0.2) is 19.2 Å². The fourth-order valence-corrected chi connectivity index (χ4v) is 1.97. The van der Waals surface area contributed by atoms with Gasteiger partial charge in [0.2, 0.25) is 0 Å². The van der Waals surface area contributed by atoms with E-state index in [0.717, 1.165) is 31.2 Å². The maximum Gasteiger partial charge on any atom is 0.122 e. The second kappa shape index (κ2) is 9.62. The number of hydrogen-bond acceptors (Lipinski definition) is 1. The van der Waals surface area contributed by atoms with E-state index >= 15 is 0 Å². The highest BCUT2D eigenvalue weighted by molar-refractivity contribution is 5.34. The molecular weight excluding hydrogens is 234 g/mol. The molecule has 0 heterocycles. The Balaban J connectivity index is 2.20. The Bertz CT molecular complexity index is 362. The molecule has 0 aliphatic carbocycles. The van der Waals surface area contributed by atoms with Crippen molar-refractivity contribution in [2.45, 2.75) is 45.6 Å². The molecule has 1 rings (SSSR count). The number of para-hydroxylation sites is 1. The van der Waals surface area contributed by atoms with Gasteiger partial charge in [0, 0.05) is 0 Å². The van der Waals surface area contributed by atoms with E-state index in [1.54, 1.807) is 0 Å². The van der Waals surface area contributed by atoms with Crippen LogP contribution in [0.15, 0.2) is 36.9 Å². The molecule has 0 saturated carbocycles. The first kappa shape index (κ1) is 15.8.